The quantitative estimate of drug-likeness (QED) is 0.204. The first kappa shape index (κ1) is 23.5. The standard InChI is InChI=1S/C31H21ClOS2/c32-30-20-19-28(21-29(30)31(33)24-7-3-1-4-8-24)35-27-17-13-23(14-18-27)22-11-15-26(16-12-22)34-25-9-5-2-6-10-25/h1-21H. The summed E-state index contributed by atoms with van der Waals surface area (Å²) >= 11 is 9.73. The average Bonchev–Trinajstić information content (AvgIpc) is 2.91. The van der Waals surface area contributed by atoms with Gasteiger partial charge in [0.15, 0.2) is 5.78 Å². The Morgan fingerprint density at radius 1 is 0.514 bits per heavy atom. The molecule has 0 aliphatic heterocycles. The second kappa shape index (κ2) is 11.0. The van der Waals surface area contributed by atoms with Crippen molar-refractivity contribution in [2.45, 2.75) is 19.6 Å². The summed E-state index contributed by atoms with van der Waals surface area (Å²) in [7, 11) is 0. The number of ketones is 1. The molecule has 0 aliphatic carbocycles. The molecule has 0 atom stereocenters. The largest absolute Gasteiger partial charge is 0.289 e. The Balaban J connectivity index is 1.28. The Bertz CT molecular complexity index is 1430. The lowest BCUT2D eigenvalue weighted by molar-refractivity contribution is 0.103. The van der Waals surface area contributed by atoms with Gasteiger partial charge in [-0.1, -0.05) is 108 Å². The lowest BCUT2D eigenvalue weighted by atomic mass is 10.0. The number of rotatable bonds is 7. The molecule has 0 saturated carbocycles. The van der Waals surface area contributed by atoms with Gasteiger partial charge in [-0.05, 0) is 65.7 Å². The van der Waals surface area contributed by atoms with E-state index in [1.165, 1.54) is 20.9 Å². The lowest BCUT2D eigenvalue weighted by Gasteiger charge is -2.09. The van der Waals surface area contributed by atoms with E-state index in [4.69, 9.17) is 11.6 Å². The highest BCUT2D eigenvalue weighted by molar-refractivity contribution is 7.99. The maximum Gasteiger partial charge on any atom is 0.194 e. The minimum atomic E-state index is -0.0673. The fraction of sp³-hybridized carbons (Fsp3) is 0. The molecule has 0 N–H and O–H groups in total. The molecule has 0 unspecified atom stereocenters. The van der Waals surface area contributed by atoms with Crippen LogP contribution in [0, 0.1) is 0 Å². The molecule has 0 fully saturated rings. The van der Waals surface area contributed by atoms with Crippen LogP contribution < -0.4 is 0 Å². The minimum absolute atomic E-state index is 0.0673. The van der Waals surface area contributed by atoms with Crippen molar-refractivity contribution in [3.8, 4) is 11.1 Å². The molecule has 0 radical (unpaired) electrons. The normalized spacial score (nSPS) is 10.8. The Kier molecular flexibility index (Phi) is 7.39. The van der Waals surface area contributed by atoms with Gasteiger partial charge in [0.2, 0.25) is 0 Å². The zero-order chi connectivity index (χ0) is 24.0. The Hall–Kier alpha value is -3.24. The fourth-order valence-electron chi connectivity index (χ4n) is 3.68. The zero-order valence-electron chi connectivity index (χ0n) is 18.7. The van der Waals surface area contributed by atoms with Crippen molar-refractivity contribution in [3.63, 3.8) is 0 Å². The minimum Gasteiger partial charge on any atom is -0.289 e. The van der Waals surface area contributed by atoms with Gasteiger partial charge in [-0.25, -0.2) is 0 Å². The zero-order valence-corrected chi connectivity index (χ0v) is 21.1. The van der Waals surface area contributed by atoms with Crippen LogP contribution in [0.15, 0.2) is 147 Å². The highest BCUT2D eigenvalue weighted by atomic mass is 35.5. The molecule has 5 aromatic rings. The van der Waals surface area contributed by atoms with Gasteiger partial charge < -0.3 is 0 Å². The van der Waals surface area contributed by atoms with Crippen LogP contribution in [0.1, 0.15) is 15.9 Å². The molecular formula is C31H21ClOS2. The van der Waals surface area contributed by atoms with Gasteiger partial charge in [-0.2, -0.15) is 0 Å². The molecule has 35 heavy (non-hydrogen) atoms. The van der Waals surface area contributed by atoms with Gasteiger partial charge in [-0.15, -0.1) is 0 Å². The second-order valence-corrected chi connectivity index (χ2v) is 10.6. The maximum atomic E-state index is 12.9. The molecule has 0 amide bonds. The highest BCUT2D eigenvalue weighted by Gasteiger charge is 2.14. The smallest absolute Gasteiger partial charge is 0.194 e. The Morgan fingerprint density at radius 2 is 0.971 bits per heavy atom. The van der Waals surface area contributed by atoms with Crippen LogP contribution in [-0.2, 0) is 0 Å². The van der Waals surface area contributed by atoms with Gasteiger partial charge in [0, 0.05) is 30.7 Å². The third kappa shape index (κ3) is 5.88. The lowest BCUT2D eigenvalue weighted by Crippen LogP contribution is -2.02. The first-order valence-corrected chi connectivity index (χ1v) is 13.2. The average molecular weight is 509 g/mol. The number of carbonyl (C=O) groups excluding carboxylic acids is 1. The summed E-state index contributed by atoms with van der Waals surface area (Å²) in [6.07, 6.45) is 0. The van der Waals surface area contributed by atoms with Gasteiger partial charge in [0.25, 0.3) is 0 Å². The van der Waals surface area contributed by atoms with E-state index < -0.39 is 0 Å². The molecule has 0 spiro atoms. The van der Waals surface area contributed by atoms with E-state index in [0.717, 1.165) is 9.79 Å². The number of halogens is 1. The number of hydrogen-bond acceptors (Lipinski definition) is 3. The van der Waals surface area contributed by atoms with Gasteiger partial charge in [0.05, 0.1) is 5.02 Å². The maximum absolute atomic E-state index is 12.9. The molecule has 170 valence electrons. The monoisotopic (exact) mass is 508 g/mol. The highest BCUT2D eigenvalue weighted by Crippen LogP contribution is 2.34. The van der Waals surface area contributed by atoms with E-state index in [0.29, 0.717) is 16.1 Å². The predicted octanol–water partition coefficient (Wildman–Crippen LogP) is 9.54. The van der Waals surface area contributed by atoms with Crippen molar-refractivity contribution in [3.05, 3.63) is 144 Å². The van der Waals surface area contributed by atoms with Crippen LogP contribution in [0.5, 0.6) is 0 Å². The van der Waals surface area contributed by atoms with E-state index in [2.05, 4.69) is 72.8 Å². The van der Waals surface area contributed by atoms with Crippen molar-refractivity contribution in [1.29, 1.82) is 0 Å². The summed E-state index contributed by atoms with van der Waals surface area (Å²) < 4.78 is 0. The van der Waals surface area contributed by atoms with Crippen molar-refractivity contribution < 1.29 is 4.79 Å². The molecule has 0 heterocycles. The molecule has 0 aromatic heterocycles. The Labute approximate surface area is 219 Å². The first-order chi connectivity index (χ1) is 17.2. The number of benzene rings is 5. The van der Waals surface area contributed by atoms with Crippen LogP contribution in [0.25, 0.3) is 11.1 Å². The van der Waals surface area contributed by atoms with Crippen molar-refractivity contribution in [2.24, 2.45) is 0 Å². The SMILES string of the molecule is O=C(c1ccccc1)c1cc(Sc2ccc(-c3ccc(Sc4ccccc4)cc3)cc2)ccc1Cl. The molecule has 4 heteroatoms. The first-order valence-electron chi connectivity index (χ1n) is 11.2. The summed E-state index contributed by atoms with van der Waals surface area (Å²) in [6.45, 7) is 0. The van der Waals surface area contributed by atoms with Crippen molar-refractivity contribution in [1.82, 2.24) is 0 Å². The van der Waals surface area contributed by atoms with Crippen molar-refractivity contribution >= 4 is 40.9 Å². The van der Waals surface area contributed by atoms with E-state index in [-0.39, 0.29) is 5.78 Å². The number of hydrogen-bond donors (Lipinski definition) is 0. The topological polar surface area (TPSA) is 17.1 Å². The van der Waals surface area contributed by atoms with Crippen LogP contribution in [0.3, 0.4) is 0 Å². The summed E-state index contributed by atoms with van der Waals surface area (Å²) in [6, 6.07) is 42.4. The van der Waals surface area contributed by atoms with Crippen LogP contribution in [-0.4, -0.2) is 5.78 Å². The third-order valence-corrected chi connectivity index (χ3v) is 7.82. The number of carbonyl (C=O) groups is 1. The van der Waals surface area contributed by atoms with Crippen LogP contribution in [0.2, 0.25) is 5.02 Å². The van der Waals surface area contributed by atoms with Gasteiger partial charge >= 0.3 is 0 Å². The third-order valence-electron chi connectivity index (χ3n) is 5.48. The van der Waals surface area contributed by atoms with Crippen LogP contribution >= 0.6 is 35.1 Å². The molecule has 1 nitrogen and oxygen atoms in total. The Morgan fingerprint density at radius 3 is 1.54 bits per heavy atom. The predicted molar refractivity (Wildman–Crippen MR) is 148 cm³/mol. The summed E-state index contributed by atoms with van der Waals surface area (Å²) in [5, 5.41) is 0.465. The molecule has 0 saturated heterocycles. The summed E-state index contributed by atoms with van der Waals surface area (Å²) in [5.74, 6) is -0.0673. The van der Waals surface area contributed by atoms with Crippen molar-refractivity contribution in [2.75, 3.05) is 0 Å². The summed E-state index contributed by atoms with van der Waals surface area (Å²) in [5.41, 5.74) is 3.50. The summed E-state index contributed by atoms with van der Waals surface area (Å²) in [4.78, 5) is 17.4. The van der Waals surface area contributed by atoms with Gasteiger partial charge in [-0.3, -0.25) is 4.79 Å². The molecule has 5 rings (SSSR count). The molecule has 5 aromatic carbocycles. The molecular weight excluding hydrogens is 488 g/mol. The van der Waals surface area contributed by atoms with E-state index >= 15 is 0 Å². The van der Waals surface area contributed by atoms with E-state index in [9.17, 15) is 4.79 Å². The van der Waals surface area contributed by atoms with Crippen LogP contribution in [0.4, 0.5) is 0 Å². The molecule has 0 bridgehead atoms. The van der Waals surface area contributed by atoms with E-state index in [1.54, 1.807) is 29.6 Å². The molecule has 0 aliphatic rings. The van der Waals surface area contributed by atoms with Gasteiger partial charge in [0.1, 0.15) is 0 Å². The second-order valence-electron chi connectivity index (χ2n) is 7.90. The van der Waals surface area contributed by atoms with E-state index in [1.807, 2.05) is 48.5 Å². The fourth-order valence-corrected chi connectivity index (χ4v) is 5.58.